The zero-order chi connectivity index (χ0) is 18.7. The predicted molar refractivity (Wildman–Crippen MR) is 101 cm³/mol. The number of hydrogen-bond acceptors (Lipinski definition) is 4. The maximum Gasteiger partial charge on any atom is 0.253 e. The Bertz CT molecular complexity index is 882. The molecule has 138 valence electrons. The maximum atomic E-state index is 12.7. The fourth-order valence-corrected chi connectivity index (χ4v) is 4.23. The molecule has 26 heavy (non-hydrogen) atoms. The first-order valence-electron chi connectivity index (χ1n) is 8.67. The number of carbonyl (C=O) groups excluding carboxylic acids is 1. The van der Waals surface area contributed by atoms with Gasteiger partial charge in [-0.1, -0.05) is 24.3 Å². The highest BCUT2D eigenvalue weighted by atomic mass is 32.2. The molecule has 0 atom stereocenters. The van der Waals surface area contributed by atoms with Crippen LogP contribution in [0.2, 0.25) is 0 Å². The van der Waals surface area contributed by atoms with Gasteiger partial charge in [0.25, 0.3) is 5.91 Å². The van der Waals surface area contributed by atoms with E-state index in [-0.39, 0.29) is 17.4 Å². The van der Waals surface area contributed by atoms with Gasteiger partial charge < -0.3 is 10.0 Å². The number of aromatic hydroxyl groups is 1. The van der Waals surface area contributed by atoms with Crippen molar-refractivity contribution >= 4 is 15.7 Å². The highest BCUT2D eigenvalue weighted by Gasteiger charge is 2.24. The molecule has 5 nitrogen and oxygen atoms in total. The van der Waals surface area contributed by atoms with Gasteiger partial charge in [-0.15, -0.1) is 0 Å². The van der Waals surface area contributed by atoms with Crippen molar-refractivity contribution in [3.8, 4) is 5.75 Å². The first-order valence-corrected chi connectivity index (χ1v) is 10.7. The van der Waals surface area contributed by atoms with Gasteiger partial charge in [0.2, 0.25) is 0 Å². The van der Waals surface area contributed by atoms with Crippen LogP contribution >= 0.6 is 0 Å². The molecule has 1 N–H and O–H groups in total. The summed E-state index contributed by atoms with van der Waals surface area (Å²) in [5.74, 6) is 0.535. The summed E-state index contributed by atoms with van der Waals surface area (Å²) in [4.78, 5) is 14.6. The summed E-state index contributed by atoms with van der Waals surface area (Å²) in [6.45, 7) is 1.33. The zero-order valence-corrected chi connectivity index (χ0v) is 15.6. The van der Waals surface area contributed by atoms with E-state index >= 15 is 0 Å². The SMILES string of the molecule is CS(=O)(=O)Cc1cccc(C(=O)N2CCC(c3ccc(O)cc3)CC2)c1. The summed E-state index contributed by atoms with van der Waals surface area (Å²) in [6.07, 6.45) is 2.94. The van der Waals surface area contributed by atoms with Crippen LogP contribution in [0, 0.1) is 0 Å². The van der Waals surface area contributed by atoms with Crippen molar-refractivity contribution in [2.45, 2.75) is 24.5 Å². The Hall–Kier alpha value is -2.34. The second-order valence-electron chi connectivity index (χ2n) is 6.93. The Morgan fingerprint density at radius 2 is 1.77 bits per heavy atom. The Morgan fingerprint density at radius 1 is 1.12 bits per heavy atom. The molecule has 1 heterocycles. The minimum absolute atomic E-state index is 0.0514. The van der Waals surface area contributed by atoms with Crippen molar-refractivity contribution in [3.05, 3.63) is 65.2 Å². The van der Waals surface area contributed by atoms with E-state index in [0.29, 0.717) is 30.1 Å². The molecule has 0 radical (unpaired) electrons. The molecule has 2 aromatic carbocycles. The van der Waals surface area contributed by atoms with E-state index in [1.165, 1.54) is 11.8 Å². The number of phenolic OH excluding ortho intramolecular Hbond substituents is 1. The van der Waals surface area contributed by atoms with Crippen molar-refractivity contribution in [3.63, 3.8) is 0 Å². The third-order valence-electron chi connectivity index (χ3n) is 4.75. The molecule has 0 aromatic heterocycles. The second kappa shape index (κ2) is 7.50. The summed E-state index contributed by atoms with van der Waals surface area (Å²) in [5.41, 5.74) is 2.36. The number of rotatable bonds is 4. The fraction of sp³-hybridized carbons (Fsp3) is 0.350. The second-order valence-corrected chi connectivity index (χ2v) is 9.07. The highest BCUT2D eigenvalue weighted by molar-refractivity contribution is 7.89. The molecule has 0 unspecified atom stereocenters. The predicted octanol–water partition coefficient (Wildman–Crippen LogP) is 2.96. The first-order chi connectivity index (χ1) is 12.3. The third-order valence-corrected chi connectivity index (χ3v) is 5.61. The van der Waals surface area contributed by atoms with Crippen molar-refractivity contribution < 1.29 is 18.3 Å². The van der Waals surface area contributed by atoms with Gasteiger partial charge in [-0.2, -0.15) is 0 Å². The van der Waals surface area contributed by atoms with E-state index in [1.54, 1.807) is 36.4 Å². The fourth-order valence-electron chi connectivity index (χ4n) is 3.44. The largest absolute Gasteiger partial charge is 0.508 e. The zero-order valence-electron chi connectivity index (χ0n) is 14.8. The molecule has 6 heteroatoms. The van der Waals surface area contributed by atoms with Gasteiger partial charge >= 0.3 is 0 Å². The molecular formula is C20H23NO4S. The van der Waals surface area contributed by atoms with E-state index in [4.69, 9.17) is 0 Å². The maximum absolute atomic E-state index is 12.7. The monoisotopic (exact) mass is 373 g/mol. The van der Waals surface area contributed by atoms with Gasteiger partial charge in [-0.3, -0.25) is 4.79 Å². The highest BCUT2D eigenvalue weighted by Crippen LogP contribution is 2.29. The smallest absolute Gasteiger partial charge is 0.253 e. The molecule has 0 saturated carbocycles. The van der Waals surface area contributed by atoms with E-state index in [0.717, 1.165) is 12.8 Å². The molecule has 1 aliphatic rings. The molecular weight excluding hydrogens is 350 g/mol. The minimum Gasteiger partial charge on any atom is -0.508 e. The van der Waals surface area contributed by atoms with Gasteiger partial charge in [0.05, 0.1) is 5.75 Å². The van der Waals surface area contributed by atoms with Crippen LogP contribution in [0.15, 0.2) is 48.5 Å². The molecule has 3 rings (SSSR count). The van der Waals surface area contributed by atoms with Crippen LogP contribution in [0.25, 0.3) is 0 Å². The quantitative estimate of drug-likeness (QED) is 0.894. The lowest BCUT2D eigenvalue weighted by atomic mass is 9.89. The summed E-state index contributed by atoms with van der Waals surface area (Å²) >= 11 is 0. The average Bonchev–Trinajstić information content (AvgIpc) is 2.61. The Kier molecular flexibility index (Phi) is 5.32. The van der Waals surface area contributed by atoms with Gasteiger partial charge in [-0.25, -0.2) is 8.42 Å². The van der Waals surface area contributed by atoms with E-state index in [2.05, 4.69) is 0 Å². The molecule has 1 saturated heterocycles. The lowest BCUT2D eigenvalue weighted by Gasteiger charge is -2.32. The Morgan fingerprint density at radius 3 is 2.38 bits per heavy atom. The van der Waals surface area contributed by atoms with Gasteiger partial charge in [0.15, 0.2) is 9.84 Å². The first kappa shape index (κ1) is 18.5. The molecule has 0 spiro atoms. The van der Waals surface area contributed by atoms with Crippen molar-refractivity contribution in [2.24, 2.45) is 0 Å². The van der Waals surface area contributed by atoms with Crippen molar-refractivity contribution in [1.82, 2.24) is 4.90 Å². The molecule has 1 fully saturated rings. The topological polar surface area (TPSA) is 74.7 Å². The normalized spacial score (nSPS) is 15.8. The summed E-state index contributed by atoms with van der Waals surface area (Å²) in [7, 11) is -3.13. The molecule has 0 aliphatic carbocycles. The lowest BCUT2D eigenvalue weighted by Crippen LogP contribution is -2.37. The average molecular weight is 373 g/mol. The molecule has 0 bridgehead atoms. The number of amides is 1. The number of benzene rings is 2. The number of sulfone groups is 1. The van der Waals surface area contributed by atoms with Crippen molar-refractivity contribution in [2.75, 3.05) is 19.3 Å². The third kappa shape index (κ3) is 4.64. The van der Waals surface area contributed by atoms with Crippen LogP contribution in [-0.2, 0) is 15.6 Å². The Balaban J connectivity index is 1.65. The van der Waals surface area contributed by atoms with Crippen molar-refractivity contribution in [1.29, 1.82) is 0 Å². The van der Waals surface area contributed by atoms with Crippen LogP contribution in [-0.4, -0.2) is 43.7 Å². The summed E-state index contributed by atoms with van der Waals surface area (Å²) in [5, 5.41) is 9.40. The van der Waals surface area contributed by atoms with Crippen LogP contribution < -0.4 is 0 Å². The number of piperidine rings is 1. The van der Waals surface area contributed by atoms with Gasteiger partial charge in [-0.05, 0) is 54.2 Å². The molecule has 1 aliphatic heterocycles. The van der Waals surface area contributed by atoms with E-state index < -0.39 is 9.84 Å². The Labute approximate surface area is 154 Å². The number of phenols is 1. The standard InChI is InChI=1S/C20H23NO4S/c1-26(24,25)14-15-3-2-4-18(13-15)20(23)21-11-9-17(10-12-21)16-5-7-19(22)8-6-16/h2-8,13,17,22H,9-12,14H2,1H3. The number of carbonyl (C=O) groups is 1. The van der Waals surface area contributed by atoms with Crippen LogP contribution in [0.1, 0.15) is 40.2 Å². The van der Waals surface area contributed by atoms with Crippen LogP contribution in [0.4, 0.5) is 0 Å². The number of hydrogen-bond donors (Lipinski definition) is 1. The number of likely N-dealkylation sites (tertiary alicyclic amines) is 1. The number of nitrogens with zero attached hydrogens (tertiary/aromatic N) is 1. The molecule has 1 amide bonds. The summed E-state index contributed by atoms with van der Waals surface area (Å²) < 4.78 is 22.9. The summed E-state index contributed by atoms with van der Waals surface area (Å²) in [6, 6.07) is 14.1. The lowest BCUT2D eigenvalue weighted by molar-refractivity contribution is 0.0713. The molecule has 2 aromatic rings. The minimum atomic E-state index is -3.13. The van der Waals surface area contributed by atoms with Gasteiger partial charge in [0, 0.05) is 24.9 Å². The van der Waals surface area contributed by atoms with Crippen LogP contribution in [0.5, 0.6) is 5.75 Å². The van der Waals surface area contributed by atoms with Gasteiger partial charge in [0.1, 0.15) is 5.75 Å². The van der Waals surface area contributed by atoms with Crippen LogP contribution in [0.3, 0.4) is 0 Å². The van der Waals surface area contributed by atoms with E-state index in [9.17, 15) is 18.3 Å². The van der Waals surface area contributed by atoms with E-state index in [1.807, 2.05) is 17.0 Å².